The van der Waals surface area contributed by atoms with Crippen LogP contribution >= 0.6 is 0 Å². The van der Waals surface area contributed by atoms with Gasteiger partial charge in [-0.3, -0.25) is 4.79 Å². The second-order valence-electron chi connectivity index (χ2n) is 6.68. The van der Waals surface area contributed by atoms with E-state index in [1.165, 1.54) is 13.2 Å². The maximum absolute atomic E-state index is 12.2. The molecule has 1 heterocycles. The lowest BCUT2D eigenvalue weighted by molar-refractivity contribution is -0.156. The standard InChI is InChI=1S/C22H20O5/c1-25-21(24)17-14-22(13-12-18(17)23)26-19(15-8-4-2-5-9-15)20(27-22)16-10-6-3-7-11-16/h2-11,14,19-20H,12-13H2,1H3/t19-,20-/m1/s1. The number of Topliss-reactive ketones (excluding diaryl/α,β-unsaturated/α-hetero) is 1. The van der Waals surface area contributed by atoms with Crippen molar-refractivity contribution in [1.82, 2.24) is 0 Å². The molecule has 0 aromatic heterocycles. The Morgan fingerprint density at radius 2 is 1.48 bits per heavy atom. The Morgan fingerprint density at radius 1 is 0.963 bits per heavy atom. The van der Waals surface area contributed by atoms with E-state index in [0.717, 1.165) is 11.1 Å². The van der Waals surface area contributed by atoms with Crippen LogP contribution in [0.4, 0.5) is 0 Å². The Hall–Kier alpha value is -2.76. The van der Waals surface area contributed by atoms with Crippen LogP contribution in [-0.2, 0) is 23.8 Å². The van der Waals surface area contributed by atoms with Gasteiger partial charge >= 0.3 is 5.97 Å². The topological polar surface area (TPSA) is 61.8 Å². The number of carbonyl (C=O) groups excluding carboxylic acids is 2. The number of hydrogen-bond donors (Lipinski definition) is 0. The minimum Gasteiger partial charge on any atom is -0.465 e. The van der Waals surface area contributed by atoms with Crippen molar-refractivity contribution in [2.24, 2.45) is 0 Å². The van der Waals surface area contributed by atoms with Crippen LogP contribution in [0.1, 0.15) is 36.2 Å². The van der Waals surface area contributed by atoms with Crippen LogP contribution in [0.3, 0.4) is 0 Å². The molecular formula is C22H20O5. The Balaban J connectivity index is 1.75. The van der Waals surface area contributed by atoms with Crippen molar-refractivity contribution in [3.63, 3.8) is 0 Å². The molecule has 1 aliphatic carbocycles. The van der Waals surface area contributed by atoms with Gasteiger partial charge in [-0.05, 0) is 17.2 Å². The van der Waals surface area contributed by atoms with Crippen molar-refractivity contribution in [1.29, 1.82) is 0 Å². The molecule has 1 spiro atoms. The first-order chi connectivity index (χ1) is 13.1. The van der Waals surface area contributed by atoms with E-state index in [4.69, 9.17) is 14.2 Å². The van der Waals surface area contributed by atoms with E-state index in [2.05, 4.69) is 0 Å². The van der Waals surface area contributed by atoms with E-state index < -0.39 is 11.8 Å². The Labute approximate surface area is 157 Å². The average Bonchev–Trinajstić information content (AvgIpc) is 3.10. The fraction of sp³-hybridized carbons (Fsp3) is 0.273. The predicted molar refractivity (Wildman–Crippen MR) is 97.6 cm³/mol. The van der Waals surface area contributed by atoms with Crippen LogP contribution in [-0.4, -0.2) is 24.6 Å². The van der Waals surface area contributed by atoms with Gasteiger partial charge in [0.05, 0.1) is 7.11 Å². The monoisotopic (exact) mass is 364 g/mol. The lowest BCUT2D eigenvalue weighted by Gasteiger charge is -2.28. The highest BCUT2D eigenvalue weighted by atomic mass is 16.8. The van der Waals surface area contributed by atoms with Crippen LogP contribution in [0, 0.1) is 0 Å². The number of methoxy groups -OCH3 is 1. The molecule has 1 saturated heterocycles. The molecule has 4 rings (SSSR count). The second-order valence-corrected chi connectivity index (χ2v) is 6.68. The molecule has 5 heteroatoms. The molecule has 138 valence electrons. The van der Waals surface area contributed by atoms with Crippen LogP contribution in [0.15, 0.2) is 72.3 Å². The summed E-state index contributed by atoms with van der Waals surface area (Å²) in [6, 6.07) is 19.6. The van der Waals surface area contributed by atoms with E-state index >= 15 is 0 Å². The SMILES string of the molecule is COC(=O)C1=CC2(CCC1=O)O[C@H](c1ccccc1)[C@@H](c1ccccc1)O2. The molecule has 0 radical (unpaired) electrons. The van der Waals surface area contributed by atoms with Gasteiger partial charge in [-0.25, -0.2) is 4.79 Å². The van der Waals surface area contributed by atoms with Crippen LogP contribution in [0.2, 0.25) is 0 Å². The first kappa shape index (κ1) is 17.6. The highest BCUT2D eigenvalue weighted by Gasteiger charge is 2.50. The molecule has 0 unspecified atom stereocenters. The number of ketones is 1. The summed E-state index contributed by atoms with van der Waals surface area (Å²) in [7, 11) is 1.26. The number of ether oxygens (including phenoxy) is 3. The number of hydrogen-bond acceptors (Lipinski definition) is 5. The molecule has 2 aromatic carbocycles. The van der Waals surface area contributed by atoms with Gasteiger partial charge in [0.15, 0.2) is 11.6 Å². The fourth-order valence-corrected chi connectivity index (χ4v) is 3.62. The smallest absolute Gasteiger partial charge is 0.341 e. The fourth-order valence-electron chi connectivity index (χ4n) is 3.62. The Kier molecular flexibility index (Phi) is 4.64. The van der Waals surface area contributed by atoms with Gasteiger partial charge < -0.3 is 14.2 Å². The maximum atomic E-state index is 12.2. The summed E-state index contributed by atoms with van der Waals surface area (Å²) < 4.78 is 17.5. The number of benzene rings is 2. The van der Waals surface area contributed by atoms with Gasteiger partial charge in [0.25, 0.3) is 0 Å². The highest BCUT2D eigenvalue weighted by molar-refractivity contribution is 6.17. The van der Waals surface area contributed by atoms with Crippen molar-refractivity contribution in [3.8, 4) is 0 Å². The van der Waals surface area contributed by atoms with E-state index in [1.54, 1.807) is 0 Å². The molecule has 0 saturated carbocycles. The molecular weight excluding hydrogens is 344 g/mol. The van der Waals surface area contributed by atoms with Gasteiger partial charge in [-0.1, -0.05) is 60.7 Å². The normalized spacial score (nSPS) is 23.9. The summed E-state index contributed by atoms with van der Waals surface area (Å²) in [4.78, 5) is 24.2. The van der Waals surface area contributed by atoms with E-state index in [-0.39, 0.29) is 30.0 Å². The van der Waals surface area contributed by atoms with Gasteiger partial charge in [0.1, 0.15) is 17.8 Å². The first-order valence-corrected chi connectivity index (χ1v) is 8.92. The predicted octanol–water partition coefficient (Wildman–Crippen LogP) is 3.67. The van der Waals surface area contributed by atoms with Gasteiger partial charge in [0, 0.05) is 12.8 Å². The summed E-state index contributed by atoms with van der Waals surface area (Å²) in [5, 5.41) is 0. The van der Waals surface area contributed by atoms with Crippen molar-refractivity contribution < 1.29 is 23.8 Å². The molecule has 27 heavy (non-hydrogen) atoms. The maximum Gasteiger partial charge on any atom is 0.341 e. The molecule has 0 N–H and O–H groups in total. The molecule has 2 atom stereocenters. The van der Waals surface area contributed by atoms with Crippen molar-refractivity contribution in [2.75, 3.05) is 7.11 Å². The molecule has 2 aliphatic rings. The highest BCUT2D eigenvalue weighted by Crippen LogP contribution is 2.50. The zero-order valence-electron chi connectivity index (χ0n) is 15.0. The third-order valence-electron chi connectivity index (χ3n) is 4.95. The summed E-state index contributed by atoms with van der Waals surface area (Å²) in [5.74, 6) is -2.04. The van der Waals surface area contributed by atoms with E-state index in [1.807, 2.05) is 60.7 Å². The zero-order valence-corrected chi connectivity index (χ0v) is 15.0. The molecule has 1 fully saturated rings. The van der Waals surface area contributed by atoms with Crippen molar-refractivity contribution in [3.05, 3.63) is 83.4 Å². The third-order valence-corrected chi connectivity index (χ3v) is 4.95. The molecule has 2 aromatic rings. The largest absolute Gasteiger partial charge is 0.465 e. The Bertz CT molecular complexity index is 825. The number of rotatable bonds is 3. The van der Waals surface area contributed by atoms with Crippen LogP contribution in [0.5, 0.6) is 0 Å². The quantitative estimate of drug-likeness (QED) is 0.614. The molecule has 0 amide bonds. The molecule has 5 nitrogen and oxygen atoms in total. The summed E-state index contributed by atoms with van der Waals surface area (Å²) in [6.45, 7) is 0. The third kappa shape index (κ3) is 3.31. The minimum absolute atomic E-state index is 0.00993. The van der Waals surface area contributed by atoms with Gasteiger partial charge in [-0.2, -0.15) is 0 Å². The van der Waals surface area contributed by atoms with Crippen LogP contribution < -0.4 is 0 Å². The summed E-state index contributed by atoms with van der Waals surface area (Å²) in [5.41, 5.74) is 1.95. The summed E-state index contributed by atoms with van der Waals surface area (Å²) in [6.07, 6.45) is 1.32. The summed E-state index contributed by atoms with van der Waals surface area (Å²) >= 11 is 0. The van der Waals surface area contributed by atoms with Crippen LogP contribution in [0.25, 0.3) is 0 Å². The van der Waals surface area contributed by atoms with Gasteiger partial charge in [-0.15, -0.1) is 0 Å². The molecule has 0 bridgehead atoms. The lowest BCUT2D eigenvalue weighted by Crippen LogP contribution is -2.35. The first-order valence-electron chi connectivity index (χ1n) is 8.92. The number of esters is 1. The average molecular weight is 364 g/mol. The van der Waals surface area contributed by atoms with Crippen molar-refractivity contribution >= 4 is 11.8 Å². The number of carbonyl (C=O) groups is 2. The zero-order chi connectivity index (χ0) is 18.9. The van der Waals surface area contributed by atoms with Crippen molar-refractivity contribution in [2.45, 2.75) is 30.8 Å². The lowest BCUT2D eigenvalue weighted by atomic mass is 9.93. The minimum atomic E-state index is -1.13. The van der Waals surface area contributed by atoms with Gasteiger partial charge in [0.2, 0.25) is 0 Å². The van der Waals surface area contributed by atoms with E-state index in [9.17, 15) is 9.59 Å². The van der Waals surface area contributed by atoms with E-state index in [0.29, 0.717) is 6.42 Å². The second kappa shape index (κ2) is 7.10. The molecule has 1 aliphatic heterocycles. The Morgan fingerprint density at radius 3 is 1.96 bits per heavy atom.